The number of hydrogen-bond donors (Lipinski definition) is 3. The van der Waals surface area contributed by atoms with Crippen LogP contribution >= 0.6 is 0 Å². The molecule has 0 unspecified atom stereocenters. The molecule has 0 fully saturated rings. The number of nitrogens with one attached hydrogen (secondary N) is 1. The van der Waals surface area contributed by atoms with E-state index in [1.54, 1.807) is 12.1 Å². The van der Waals surface area contributed by atoms with Gasteiger partial charge in [-0.3, -0.25) is 11.3 Å². The third kappa shape index (κ3) is 2.72. The number of aromatic hydroxyl groups is 1. The van der Waals surface area contributed by atoms with Gasteiger partial charge in [-0.25, -0.2) is 0 Å². The summed E-state index contributed by atoms with van der Waals surface area (Å²) >= 11 is 0. The molecule has 72 valence electrons. The van der Waals surface area contributed by atoms with E-state index >= 15 is 0 Å². The standard InChI is InChI=1S/C10H16N2O/c1-2-3-10(12-11)8-4-6-9(13)7-5-8/h4-7,10,12-13H,2-3,11H2,1H3/t10-/m1/s1. The molecule has 1 aromatic carbocycles. The third-order valence-corrected chi connectivity index (χ3v) is 2.07. The average Bonchev–Trinajstić information content (AvgIpc) is 2.16. The van der Waals surface area contributed by atoms with Crippen LogP contribution < -0.4 is 11.3 Å². The predicted octanol–water partition coefficient (Wildman–Crippen LogP) is 1.70. The fourth-order valence-corrected chi connectivity index (χ4v) is 1.34. The van der Waals surface area contributed by atoms with Crippen LogP contribution in [0, 0.1) is 0 Å². The number of phenolic OH excluding ortho intramolecular Hbond substituents is 1. The highest BCUT2D eigenvalue weighted by molar-refractivity contribution is 5.27. The summed E-state index contributed by atoms with van der Waals surface area (Å²) in [5.74, 6) is 5.70. The number of rotatable bonds is 4. The number of benzene rings is 1. The van der Waals surface area contributed by atoms with Crippen molar-refractivity contribution in [2.75, 3.05) is 0 Å². The first-order chi connectivity index (χ1) is 6.27. The Bertz CT molecular complexity index is 246. The largest absolute Gasteiger partial charge is 0.508 e. The molecule has 3 heteroatoms. The van der Waals surface area contributed by atoms with Gasteiger partial charge in [0.25, 0.3) is 0 Å². The first-order valence-corrected chi connectivity index (χ1v) is 4.53. The molecule has 0 aliphatic rings. The van der Waals surface area contributed by atoms with Gasteiger partial charge in [0.2, 0.25) is 0 Å². The summed E-state index contributed by atoms with van der Waals surface area (Å²) in [5.41, 5.74) is 3.87. The second-order valence-electron chi connectivity index (χ2n) is 3.10. The van der Waals surface area contributed by atoms with Crippen LogP contribution in [0.25, 0.3) is 0 Å². The smallest absolute Gasteiger partial charge is 0.115 e. The second-order valence-corrected chi connectivity index (χ2v) is 3.10. The van der Waals surface area contributed by atoms with Gasteiger partial charge in [-0.1, -0.05) is 25.5 Å². The van der Waals surface area contributed by atoms with Crippen LogP contribution in [0.1, 0.15) is 31.4 Å². The average molecular weight is 180 g/mol. The monoisotopic (exact) mass is 180 g/mol. The van der Waals surface area contributed by atoms with Gasteiger partial charge in [0.05, 0.1) is 0 Å². The normalized spacial score (nSPS) is 12.8. The molecular weight excluding hydrogens is 164 g/mol. The lowest BCUT2D eigenvalue weighted by molar-refractivity contribution is 0.472. The number of phenols is 1. The Balaban J connectivity index is 2.73. The zero-order valence-electron chi connectivity index (χ0n) is 7.83. The van der Waals surface area contributed by atoms with Crippen LogP contribution in [0.3, 0.4) is 0 Å². The molecule has 13 heavy (non-hydrogen) atoms. The van der Waals surface area contributed by atoms with E-state index in [1.807, 2.05) is 12.1 Å². The van der Waals surface area contributed by atoms with Gasteiger partial charge in [0, 0.05) is 6.04 Å². The predicted molar refractivity (Wildman–Crippen MR) is 53.1 cm³/mol. The fraction of sp³-hybridized carbons (Fsp3) is 0.400. The minimum atomic E-state index is 0.186. The van der Waals surface area contributed by atoms with Crippen LogP contribution in [-0.4, -0.2) is 5.11 Å². The van der Waals surface area contributed by atoms with Crippen molar-refractivity contribution in [2.24, 2.45) is 5.84 Å². The molecule has 1 rings (SSSR count). The summed E-state index contributed by atoms with van der Waals surface area (Å²) in [6.45, 7) is 2.12. The second kappa shape index (κ2) is 4.84. The van der Waals surface area contributed by atoms with Crippen molar-refractivity contribution < 1.29 is 5.11 Å². The van der Waals surface area contributed by atoms with Gasteiger partial charge < -0.3 is 5.11 Å². The lowest BCUT2D eigenvalue weighted by Crippen LogP contribution is -2.27. The lowest BCUT2D eigenvalue weighted by atomic mass is 10.0. The van der Waals surface area contributed by atoms with Crippen LogP contribution in [0.5, 0.6) is 5.75 Å². The Kier molecular flexibility index (Phi) is 3.73. The molecule has 3 nitrogen and oxygen atoms in total. The Morgan fingerprint density at radius 1 is 1.38 bits per heavy atom. The van der Waals surface area contributed by atoms with Crippen molar-refractivity contribution in [3.05, 3.63) is 29.8 Å². The Hall–Kier alpha value is -1.06. The molecule has 0 spiro atoms. The van der Waals surface area contributed by atoms with Crippen molar-refractivity contribution in [3.8, 4) is 5.75 Å². The lowest BCUT2D eigenvalue weighted by Gasteiger charge is -2.14. The molecule has 1 atom stereocenters. The summed E-state index contributed by atoms with van der Waals surface area (Å²) in [6, 6.07) is 7.31. The van der Waals surface area contributed by atoms with Crippen LogP contribution in [-0.2, 0) is 0 Å². The number of hydrogen-bond acceptors (Lipinski definition) is 3. The van der Waals surface area contributed by atoms with Gasteiger partial charge in [0.15, 0.2) is 0 Å². The van der Waals surface area contributed by atoms with E-state index in [9.17, 15) is 0 Å². The maximum Gasteiger partial charge on any atom is 0.115 e. The fourth-order valence-electron chi connectivity index (χ4n) is 1.34. The summed E-state index contributed by atoms with van der Waals surface area (Å²) < 4.78 is 0. The summed E-state index contributed by atoms with van der Waals surface area (Å²) in [5, 5.41) is 9.09. The Morgan fingerprint density at radius 3 is 2.46 bits per heavy atom. The van der Waals surface area contributed by atoms with E-state index in [4.69, 9.17) is 10.9 Å². The first kappa shape index (κ1) is 10.0. The minimum absolute atomic E-state index is 0.186. The van der Waals surface area contributed by atoms with E-state index < -0.39 is 0 Å². The highest BCUT2D eigenvalue weighted by Crippen LogP contribution is 2.19. The molecule has 0 saturated heterocycles. The molecule has 1 aromatic rings. The van der Waals surface area contributed by atoms with E-state index in [1.165, 1.54) is 0 Å². The molecule has 0 saturated carbocycles. The first-order valence-electron chi connectivity index (χ1n) is 4.53. The highest BCUT2D eigenvalue weighted by atomic mass is 16.3. The van der Waals surface area contributed by atoms with Crippen LogP contribution in [0.15, 0.2) is 24.3 Å². The zero-order chi connectivity index (χ0) is 9.68. The topological polar surface area (TPSA) is 58.3 Å². The minimum Gasteiger partial charge on any atom is -0.508 e. The molecule has 0 radical (unpaired) electrons. The molecule has 0 aromatic heterocycles. The van der Waals surface area contributed by atoms with Gasteiger partial charge in [-0.15, -0.1) is 0 Å². The summed E-state index contributed by atoms with van der Waals surface area (Å²) in [6.07, 6.45) is 2.08. The molecule has 0 bridgehead atoms. The Labute approximate surface area is 78.5 Å². The summed E-state index contributed by atoms with van der Waals surface area (Å²) in [7, 11) is 0. The molecule has 0 heterocycles. The molecule has 0 amide bonds. The Morgan fingerprint density at radius 2 is 2.00 bits per heavy atom. The van der Waals surface area contributed by atoms with Crippen molar-refractivity contribution >= 4 is 0 Å². The molecular formula is C10H16N2O. The van der Waals surface area contributed by atoms with Crippen LogP contribution in [0.4, 0.5) is 0 Å². The maximum atomic E-state index is 9.09. The quantitative estimate of drug-likeness (QED) is 0.488. The van der Waals surface area contributed by atoms with Crippen molar-refractivity contribution in [1.82, 2.24) is 5.43 Å². The zero-order valence-corrected chi connectivity index (χ0v) is 7.83. The van der Waals surface area contributed by atoms with Crippen LogP contribution in [0.2, 0.25) is 0 Å². The molecule has 0 aliphatic heterocycles. The van der Waals surface area contributed by atoms with Gasteiger partial charge in [0.1, 0.15) is 5.75 Å². The SMILES string of the molecule is CCC[C@@H](NN)c1ccc(O)cc1. The van der Waals surface area contributed by atoms with E-state index in [0.717, 1.165) is 18.4 Å². The van der Waals surface area contributed by atoms with Gasteiger partial charge in [-0.05, 0) is 24.1 Å². The number of hydrazine groups is 1. The van der Waals surface area contributed by atoms with E-state index in [0.29, 0.717) is 0 Å². The summed E-state index contributed by atoms with van der Waals surface area (Å²) in [4.78, 5) is 0. The number of nitrogens with two attached hydrogens (primary N) is 1. The van der Waals surface area contributed by atoms with Crippen molar-refractivity contribution in [2.45, 2.75) is 25.8 Å². The molecule has 4 N–H and O–H groups in total. The van der Waals surface area contributed by atoms with E-state index in [2.05, 4.69) is 12.3 Å². The molecule has 0 aliphatic carbocycles. The van der Waals surface area contributed by atoms with Crippen molar-refractivity contribution in [3.63, 3.8) is 0 Å². The highest BCUT2D eigenvalue weighted by Gasteiger charge is 2.07. The third-order valence-electron chi connectivity index (χ3n) is 2.07. The van der Waals surface area contributed by atoms with Gasteiger partial charge >= 0.3 is 0 Å². The van der Waals surface area contributed by atoms with Crippen molar-refractivity contribution in [1.29, 1.82) is 0 Å². The maximum absolute atomic E-state index is 9.09. The van der Waals surface area contributed by atoms with Gasteiger partial charge in [-0.2, -0.15) is 0 Å². The van der Waals surface area contributed by atoms with E-state index in [-0.39, 0.29) is 11.8 Å².